The lowest BCUT2D eigenvalue weighted by atomic mass is 10.3. The van der Waals surface area contributed by atoms with Gasteiger partial charge in [0.2, 0.25) is 15.7 Å². The van der Waals surface area contributed by atoms with Gasteiger partial charge in [0, 0.05) is 16.2 Å². The van der Waals surface area contributed by atoms with Gasteiger partial charge in [-0.1, -0.05) is 34.1 Å². The first-order chi connectivity index (χ1) is 12.9. The van der Waals surface area contributed by atoms with Crippen LogP contribution in [0, 0.1) is 0 Å². The van der Waals surface area contributed by atoms with E-state index in [-0.39, 0.29) is 9.92 Å². The molecule has 0 spiro atoms. The van der Waals surface area contributed by atoms with Crippen molar-refractivity contribution in [2.75, 3.05) is 5.32 Å². The van der Waals surface area contributed by atoms with Crippen LogP contribution in [0.1, 0.15) is 0 Å². The van der Waals surface area contributed by atoms with Crippen molar-refractivity contribution < 1.29 is 13.2 Å². The number of nitrogens with one attached hydrogen (secondary N) is 1. The molecule has 0 fully saturated rings. The molecule has 9 heteroatoms. The highest BCUT2D eigenvalue weighted by atomic mass is 79.9. The number of hydrogen-bond donors (Lipinski definition) is 1. The summed E-state index contributed by atoms with van der Waals surface area (Å²) in [5, 5.41) is 6.18. The van der Waals surface area contributed by atoms with Crippen LogP contribution in [0.25, 0.3) is 0 Å². The molecule has 0 bridgehead atoms. The average Bonchev–Trinajstić information content (AvgIpc) is 2.64. The molecule has 3 rings (SSSR count). The van der Waals surface area contributed by atoms with Gasteiger partial charge in [-0.05, 0) is 42.5 Å². The summed E-state index contributed by atoms with van der Waals surface area (Å²) >= 11 is 3.24. The molecule has 1 aromatic heterocycles. The number of amides is 1. The Morgan fingerprint density at radius 1 is 1.00 bits per heavy atom. The number of nitrogens with zero attached hydrogens (tertiary/aromatic N) is 2. The number of rotatable bonds is 5. The summed E-state index contributed by atoms with van der Waals surface area (Å²) < 4.78 is 26.9. The summed E-state index contributed by atoms with van der Waals surface area (Å²) in [6, 6.07) is 17.0. The molecule has 1 heterocycles. The van der Waals surface area contributed by atoms with Gasteiger partial charge in [-0.25, -0.2) is 13.1 Å². The maximum absolute atomic E-state index is 12.7. The third-order valence-electron chi connectivity index (χ3n) is 3.59. The smallest absolute Gasteiger partial charge is 0.267 e. The van der Waals surface area contributed by atoms with Gasteiger partial charge in [0.1, 0.15) is 6.54 Å². The number of sulfone groups is 1. The van der Waals surface area contributed by atoms with Crippen molar-refractivity contribution in [1.29, 1.82) is 0 Å². The van der Waals surface area contributed by atoms with Crippen LogP contribution in [0.5, 0.6) is 0 Å². The average molecular weight is 448 g/mol. The van der Waals surface area contributed by atoms with Crippen LogP contribution in [-0.2, 0) is 21.2 Å². The molecule has 0 atom stereocenters. The quantitative estimate of drug-likeness (QED) is 0.647. The summed E-state index contributed by atoms with van der Waals surface area (Å²) in [4.78, 5) is 24.2. The van der Waals surface area contributed by atoms with Crippen molar-refractivity contribution >= 4 is 37.4 Å². The highest BCUT2D eigenvalue weighted by Crippen LogP contribution is 2.20. The zero-order valence-corrected chi connectivity index (χ0v) is 16.3. The van der Waals surface area contributed by atoms with Gasteiger partial charge in [-0.15, -0.1) is 0 Å². The molecule has 7 nitrogen and oxygen atoms in total. The maximum atomic E-state index is 12.7. The van der Waals surface area contributed by atoms with E-state index >= 15 is 0 Å². The lowest BCUT2D eigenvalue weighted by Gasteiger charge is -2.09. The fraction of sp³-hybridized carbons (Fsp3) is 0.0556. The first-order valence-corrected chi connectivity index (χ1v) is 10.1. The molecule has 3 aromatic rings. The molecule has 0 aliphatic rings. The van der Waals surface area contributed by atoms with E-state index in [2.05, 4.69) is 26.3 Å². The molecular weight excluding hydrogens is 434 g/mol. The number of carbonyl (C=O) groups is 1. The zero-order valence-electron chi connectivity index (χ0n) is 13.9. The molecule has 0 saturated heterocycles. The van der Waals surface area contributed by atoms with Crippen LogP contribution >= 0.6 is 15.9 Å². The van der Waals surface area contributed by atoms with Crippen molar-refractivity contribution in [3.8, 4) is 0 Å². The van der Waals surface area contributed by atoms with Crippen molar-refractivity contribution in [3.63, 3.8) is 0 Å². The predicted octanol–water partition coefficient (Wildman–Crippen LogP) is 2.48. The molecule has 0 aliphatic carbocycles. The number of halogens is 1. The van der Waals surface area contributed by atoms with Gasteiger partial charge in [0.05, 0.1) is 4.90 Å². The van der Waals surface area contributed by atoms with E-state index in [1.165, 1.54) is 12.1 Å². The molecule has 0 unspecified atom stereocenters. The van der Waals surface area contributed by atoms with Crippen LogP contribution in [0.3, 0.4) is 0 Å². The SMILES string of the molecule is O=C(Cn1nc(S(=O)(=O)c2ccc(Br)cc2)ccc1=O)Nc1ccccc1. The summed E-state index contributed by atoms with van der Waals surface area (Å²) in [6.45, 7) is -0.405. The lowest BCUT2D eigenvalue weighted by Crippen LogP contribution is -2.30. The Bertz CT molecular complexity index is 1130. The van der Waals surface area contributed by atoms with E-state index in [1.807, 2.05) is 0 Å². The normalized spacial score (nSPS) is 11.1. The molecule has 1 N–H and O–H groups in total. The van der Waals surface area contributed by atoms with Gasteiger partial charge >= 0.3 is 0 Å². The van der Waals surface area contributed by atoms with Crippen LogP contribution in [-0.4, -0.2) is 24.1 Å². The minimum Gasteiger partial charge on any atom is -0.324 e. The Hall–Kier alpha value is -2.78. The van der Waals surface area contributed by atoms with Gasteiger partial charge in [0.15, 0.2) is 5.03 Å². The number of benzene rings is 2. The second-order valence-electron chi connectivity index (χ2n) is 5.54. The Kier molecular flexibility index (Phi) is 5.52. The minimum atomic E-state index is -3.91. The molecule has 138 valence electrons. The van der Waals surface area contributed by atoms with Crippen LogP contribution < -0.4 is 10.9 Å². The zero-order chi connectivity index (χ0) is 19.4. The van der Waals surface area contributed by atoms with Gasteiger partial charge in [-0.3, -0.25) is 9.59 Å². The van der Waals surface area contributed by atoms with E-state index in [0.29, 0.717) is 5.69 Å². The van der Waals surface area contributed by atoms with Gasteiger partial charge in [-0.2, -0.15) is 5.10 Å². The second-order valence-corrected chi connectivity index (χ2v) is 8.35. The van der Waals surface area contributed by atoms with Crippen molar-refractivity contribution in [2.45, 2.75) is 16.5 Å². The highest BCUT2D eigenvalue weighted by molar-refractivity contribution is 9.10. The first-order valence-electron chi connectivity index (χ1n) is 7.80. The fourth-order valence-electron chi connectivity index (χ4n) is 2.28. The summed E-state index contributed by atoms with van der Waals surface area (Å²) in [5.41, 5.74) is -0.0119. The number of para-hydroxylation sites is 1. The van der Waals surface area contributed by atoms with E-state index in [9.17, 15) is 18.0 Å². The van der Waals surface area contributed by atoms with Crippen LogP contribution in [0.4, 0.5) is 5.69 Å². The van der Waals surface area contributed by atoms with E-state index < -0.39 is 27.8 Å². The lowest BCUT2D eigenvalue weighted by molar-refractivity contribution is -0.117. The molecule has 27 heavy (non-hydrogen) atoms. The minimum absolute atomic E-state index is 0.0390. The summed E-state index contributed by atoms with van der Waals surface area (Å²) in [7, 11) is -3.91. The molecule has 0 saturated carbocycles. The van der Waals surface area contributed by atoms with Crippen LogP contribution in [0.2, 0.25) is 0 Å². The van der Waals surface area contributed by atoms with Crippen molar-refractivity contribution in [3.05, 3.63) is 81.6 Å². The third-order valence-corrected chi connectivity index (χ3v) is 5.78. The Morgan fingerprint density at radius 2 is 1.67 bits per heavy atom. The van der Waals surface area contributed by atoms with Gasteiger partial charge < -0.3 is 5.32 Å². The summed E-state index contributed by atoms with van der Waals surface area (Å²) in [5.74, 6) is -0.492. The Morgan fingerprint density at radius 3 is 2.33 bits per heavy atom. The first kappa shape index (κ1) is 19.0. The number of anilines is 1. The highest BCUT2D eigenvalue weighted by Gasteiger charge is 2.21. The van der Waals surface area contributed by atoms with E-state index in [4.69, 9.17) is 0 Å². The number of hydrogen-bond acceptors (Lipinski definition) is 5. The summed E-state index contributed by atoms with van der Waals surface area (Å²) in [6.07, 6.45) is 0. The Balaban J connectivity index is 1.87. The fourth-order valence-corrected chi connectivity index (χ4v) is 3.73. The van der Waals surface area contributed by atoms with Crippen LogP contribution in [0.15, 0.2) is 85.9 Å². The molecule has 0 radical (unpaired) electrons. The molecular formula is C18H14BrN3O4S. The second kappa shape index (κ2) is 7.85. The predicted molar refractivity (Wildman–Crippen MR) is 103 cm³/mol. The van der Waals surface area contributed by atoms with Gasteiger partial charge in [0.25, 0.3) is 5.56 Å². The third kappa shape index (κ3) is 4.50. The van der Waals surface area contributed by atoms with E-state index in [0.717, 1.165) is 21.3 Å². The molecule has 0 aliphatic heterocycles. The monoisotopic (exact) mass is 447 g/mol. The maximum Gasteiger partial charge on any atom is 0.267 e. The molecule has 1 amide bonds. The van der Waals surface area contributed by atoms with Crippen molar-refractivity contribution in [2.24, 2.45) is 0 Å². The Labute approximate surface area is 163 Å². The number of aromatic nitrogens is 2. The molecule has 2 aromatic carbocycles. The largest absolute Gasteiger partial charge is 0.324 e. The van der Waals surface area contributed by atoms with Crippen molar-refractivity contribution in [1.82, 2.24) is 9.78 Å². The standard InChI is InChI=1S/C18H14BrN3O4S/c19-13-6-8-15(9-7-13)27(25,26)17-10-11-18(24)22(21-17)12-16(23)20-14-4-2-1-3-5-14/h1-11H,12H2,(H,20,23). The number of carbonyl (C=O) groups excluding carboxylic acids is 1. The van der Waals surface area contributed by atoms with E-state index in [1.54, 1.807) is 42.5 Å². The topological polar surface area (TPSA) is 98.1 Å².